The van der Waals surface area contributed by atoms with Crippen LogP contribution in [0.3, 0.4) is 0 Å². The third-order valence-electron chi connectivity index (χ3n) is 3.67. The molecule has 1 fully saturated rings. The second-order valence-corrected chi connectivity index (χ2v) is 5.22. The molecule has 3 nitrogen and oxygen atoms in total. The minimum absolute atomic E-state index is 0.0508. The van der Waals surface area contributed by atoms with E-state index in [0.29, 0.717) is 5.82 Å². The van der Waals surface area contributed by atoms with Gasteiger partial charge in [-0.3, -0.25) is 0 Å². The van der Waals surface area contributed by atoms with Crippen molar-refractivity contribution in [2.75, 3.05) is 13.1 Å². The van der Waals surface area contributed by atoms with Gasteiger partial charge in [0.25, 0.3) is 0 Å². The average molecular weight is 293 g/mol. The van der Waals surface area contributed by atoms with E-state index in [0.717, 1.165) is 32.0 Å². The Hall–Kier alpha value is -2.04. The second kappa shape index (κ2) is 7.11. The van der Waals surface area contributed by atoms with Gasteiger partial charge >= 0.3 is 0 Å². The van der Waals surface area contributed by atoms with Crippen LogP contribution in [-0.2, 0) is 0 Å². The largest absolute Gasteiger partial charge is 0.398 e. The summed E-state index contributed by atoms with van der Waals surface area (Å²) in [7, 11) is 0. The summed E-state index contributed by atoms with van der Waals surface area (Å²) in [6.07, 6.45) is 7.86. The molecule has 1 aliphatic rings. The maximum Gasteiger partial charge on any atom is 0.168 e. The van der Waals surface area contributed by atoms with Crippen molar-refractivity contribution in [1.82, 2.24) is 4.90 Å². The van der Waals surface area contributed by atoms with E-state index in [1.165, 1.54) is 31.1 Å². The molecular weight excluding hydrogens is 272 g/mol. The first kappa shape index (κ1) is 15.4. The van der Waals surface area contributed by atoms with Crippen molar-refractivity contribution in [3.05, 3.63) is 53.4 Å². The van der Waals surface area contributed by atoms with E-state index in [9.17, 15) is 8.78 Å². The van der Waals surface area contributed by atoms with E-state index in [2.05, 4.69) is 4.90 Å². The summed E-state index contributed by atoms with van der Waals surface area (Å²) in [5, 5.41) is 0. The molecule has 0 aromatic heterocycles. The molecule has 4 N–H and O–H groups in total. The van der Waals surface area contributed by atoms with Crippen LogP contribution in [0, 0.1) is 11.6 Å². The van der Waals surface area contributed by atoms with E-state index < -0.39 is 11.6 Å². The molecule has 0 unspecified atom stereocenters. The van der Waals surface area contributed by atoms with Crippen molar-refractivity contribution in [3.63, 3.8) is 0 Å². The van der Waals surface area contributed by atoms with E-state index in [4.69, 9.17) is 11.5 Å². The number of likely N-dealkylation sites (tertiary alicyclic amines) is 1. The standard InChI is InChI=1S/C16H21F2N3/c17-13-7-5-6-12(16(13)18)14(19)8-9-15(20)21-10-3-1-2-4-11-21/h5-9H,1-4,10-11,19-20H2/b14-8-,15-9+. The normalized spacial score (nSPS) is 17.7. The third-order valence-corrected chi connectivity index (χ3v) is 3.67. The average Bonchev–Trinajstić information content (AvgIpc) is 2.76. The van der Waals surface area contributed by atoms with Crippen LogP contribution in [0.1, 0.15) is 31.2 Å². The first-order valence-electron chi connectivity index (χ1n) is 7.22. The van der Waals surface area contributed by atoms with Gasteiger partial charge in [0.1, 0.15) is 0 Å². The molecule has 0 amide bonds. The molecule has 1 saturated heterocycles. The molecule has 1 aliphatic heterocycles. The highest BCUT2D eigenvalue weighted by molar-refractivity contribution is 5.64. The van der Waals surface area contributed by atoms with Crippen LogP contribution in [0.15, 0.2) is 36.2 Å². The van der Waals surface area contributed by atoms with Crippen LogP contribution < -0.4 is 11.5 Å². The summed E-state index contributed by atoms with van der Waals surface area (Å²) in [6.45, 7) is 1.84. The van der Waals surface area contributed by atoms with Gasteiger partial charge in [-0.2, -0.15) is 0 Å². The van der Waals surface area contributed by atoms with Crippen LogP contribution in [0.25, 0.3) is 5.70 Å². The number of benzene rings is 1. The van der Waals surface area contributed by atoms with Crippen molar-refractivity contribution in [1.29, 1.82) is 0 Å². The highest BCUT2D eigenvalue weighted by atomic mass is 19.2. The van der Waals surface area contributed by atoms with Crippen LogP contribution in [0.4, 0.5) is 8.78 Å². The fourth-order valence-electron chi connectivity index (χ4n) is 2.43. The highest BCUT2D eigenvalue weighted by Crippen LogP contribution is 2.17. The minimum Gasteiger partial charge on any atom is -0.398 e. The lowest BCUT2D eigenvalue weighted by Gasteiger charge is -2.22. The van der Waals surface area contributed by atoms with E-state index in [1.807, 2.05) is 0 Å². The monoisotopic (exact) mass is 293 g/mol. The fourth-order valence-corrected chi connectivity index (χ4v) is 2.43. The number of halogens is 2. The van der Waals surface area contributed by atoms with Gasteiger partial charge in [-0.1, -0.05) is 18.9 Å². The third kappa shape index (κ3) is 3.97. The lowest BCUT2D eigenvalue weighted by Crippen LogP contribution is -2.28. The molecule has 0 spiro atoms. The van der Waals surface area contributed by atoms with Gasteiger partial charge in [-0.25, -0.2) is 8.78 Å². The molecule has 1 heterocycles. The summed E-state index contributed by atoms with van der Waals surface area (Å²) in [6, 6.07) is 3.93. The summed E-state index contributed by atoms with van der Waals surface area (Å²) in [4.78, 5) is 2.10. The summed E-state index contributed by atoms with van der Waals surface area (Å²) >= 11 is 0. The predicted octanol–water partition coefficient (Wildman–Crippen LogP) is 2.94. The van der Waals surface area contributed by atoms with Crippen molar-refractivity contribution in [2.24, 2.45) is 11.5 Å². The topological polar surface area (TPSA) is 55.3 Å². The summed E-state index contributed by atoms with van der Waals surface area (Å²) < 4.78 is 26.8. The Kier molecular flexibility index (Phi) is 5.20. The molecule has 2 rings (SSSR count). The zero-order valence-corrected chi connectivity index (χ0v) is 12.0. The number of allylic oxidation sites excluding steroid dienone is 2. The highest BCUT2D eigenvalue weighted by Gasteiger charge is 2.11. The van der Waals surface area contributed by atoms with Gasteiger partial charge in [0.2, 0.25) is 0 Å². The van der Waals surface area contributed by atoms with Crippen molar-refractivity contribution < 1.29 is 8.78 Å². The lowest BCUT2D eigenvalue weighted by molar-refractivity contribution is 0.354. The Bertz CT molecular complexity index is 544. The summed E-state index contributed by atoms with van der Waals surface area (Å²) in [5.74, 6) is -1.24. The van der Waals surface area contributed by atoms with Gasteiger partial charge in [-0.05, 0) is 37.1 Å². The minimum atomic E-state index is -0.937. The molecule has 0 radical (unpaired) electrons. The smallest absolute Gasteiger partial charge is 0.168 e. The number of hydrogen-bond donors (Lipinski definition) is 2. The van der Waals surface area contributed by atoms with Crippen LogP contribution in [0.5, 0.6) is 0 Å². The molecule has 1 aromatic carbocycles. The first-order valence-corrected chi connectivity index (χ1v) is 7.22. The van der Waals surface area contributed by atoms with Crippen molar-refractivity contribution >= 4 is 5.70 Å². The first-order chi connectivity index (χ1) is 10.1. The number of rotatable bonds is 3. The van der Waals surface area contributed by atoms with Crippen molar-refractivity contribution in [2.45, 2.75) is 25.7 Å². The lowest BCUT2D eigenvalue weighted by atomic mass is 10.1. The molecule has 0 saturated carbocycles. The maximum atomic E-state index is 13.6. The molecule has 21 heavy (non-hydrogen) atoms. The predicted molar refractivity (Wildman–Crippen MR) is 80.8 cm³/mol. The van der Waals surface area contributed by atoms with Gasteiger partial charge < -0.3 is 16.4 Å². The van der Waals surface area contributed by atoms with Gasteiger partial charge in [0, 0.05) is 24.4 Å². The van der Waals surface area contributed by atoms with E-state index in [1.54, 1.807) is 6.08 Å². The quantitative estimate of drug-likeness (QED) is 0.842. The Morgan fingerprint density at radius 2 is 1.67 bits per heavy atom. The van der Waals surface area contributed by atoms with Crippen LogP contribution in [-0.4, -0.2) is 18.0 Å². The molecule has 0 bridgehead atoms. The maximum absolute atomic E-state index is 13.6. The van der Waals surface area contributed by atoms with Gasteiger partial charge in [0.05, 0.1) is 5.82 Å². The molecule has 1 aromatic rings. The second-order valence-electron chi connectivity index (χ2n) is 5.22. The van der Waals surface area contributed by atoms with Gasteiger partial charge in [0.15, 0.2) is 11.6 Å². The molecule has 0 atom stereocenters. The SMILES string of the molecule is N/C(=C\C=C(/N)N1CCCCCC1)c1cccc(F)c1F. The zero-order chi connectivity index (χ0) is 15.2. The Balaban J connectivity index is 2.14. The van der Waals surface area contributed by atoms with E-state index in [-0.39, 0.29) is 11.3 Å². The number of hydrogen-bond acceptors (Lipinski definition) is 3. The van der Waals surface area contributed by atoms with Crippen LogP contribution >= 0.6 is 0 Å². The molecule has 114 valence electrons. The Morgan fingerprint density at radius 1 is 1.00 bits per heavy atom. The number of nitrogens with two attached hydrogens (primary N) is 2. The van der Waals surface area contributed by atoms with Gasteiger partial charge in [-0.15, -0.1) is 0 Å². The molecular formula is C16H21F2N3. The van der Waals surface area contributed by atoms with Crippen molar-refractivity contribution in [3.8, 4) is 0 Å². The molecule has 0 aliphatic carbocycles. The molecule has 5 heteroatoms. The van der Waals surface area contributed by atoms with Crippen LogP contribution in [0.2, 0.25) is 0 Å². The van der Waals surface area contributed by atoms with E-state index >= 15 is 0 Å². The summed E-state index contributed by atoms with van der Waals surface area (Å²) in [5.41, 5.74) is 12.0. The Morgan fingerprint density at radius 3 is 2.33 bits per heavy atom. The zero-order valence-electron chi connectivity index (χ0n) is 12.0. The fraction of sp³-hybridized carbons (Fsp3) is 0.375. The Labute approximate surface area is 123 Å². The number of nitrogens with zero attached hydrogens (tertiary/aromatic N) is 1.